The number of benzene rings is 1. The van der Waals surface area contributed by atoms with Gasteiger partial charge < -0.3 is 0 Å². The Labute approximate surface area is 69.8 Å². The van der Waals surface area contributed by atoms with E-state index in [1.807, 2.05) is 18.2 Å². The van der Waals surface area contributed by atoms with Crippen LogP contribution >= 0.6 is 10.1 Å². The van der Waals surface area contributed by atoms with Gasteiger partial charge in [-0.05, 0) is 0 Å². The molecule has 1 aromatic carbocycles. The second kappa shape index (κ2) is 3.77. The van der Waals surface area contributed by atoms with Crippen LogP contribution in [0.2, 0.25) is 0 Å². The van der Waals surface area contributed by atoms with Crippen LogP contribution in [0.3, 0.4) is 0 Å². The molecule has 0 aromatic heterocycles. The van der Waals surface area contributed by atoms with Gasteiger partial charge in [0, 0.05) is 0 Å². The molecule has 52 valence electrons. The summed E-state index contributed by atoms with van der Waals surface area (Å²) in [6.07, 6.45) is 0.833. The first-order valence-electron chi connectivity index (χ1n) is 2.71. The van der Waals surface area contributed by atoms with Gasteiger partial charge in [0.2, 0.25) is 0 Å². The zero-order valence-corrected chi connectivity index (χ0v) is 7.55. The summed E-state index contributed by atoms with van der Waals surface area (Å²) in [6.45, 7) is 0. The van der Waals surface area contributed by atoms with Crippen molar-refractivity contribution in [2.75, 3.05) is 0 Å². The van der Waals surface area contributed by atoms with Crippen LogP contribution in [0.4, 0.5) is 0 Å². The van der Waals surface area contributed by atoms with E-state index in [0.717, 1.165) is 10.7 Å². The monoisotopic (exact) mass is 220 g/mol. The first-order valence-corrected chi connectivity index (χ1v) is 5.82. The van der Waals surface area contributed by atoms with E-state index in [1.54, 1.807) is 6.07 Å². The van der Waals surface area contributed by atoms with Gasteiger partial charge in [-0.25, -0.2) is 0 Å². The van der Waals surface area contributed by atoms with Crippen molar-refractivity contribution in [1.29, 1.82) is 0 Å². The molecule has 10 heavy (non-hydrogen) atoms. The molecule has 0 atom stereocenters. The van der Waals surface area contributed by atoms with Crippen LogP contribution in [0.25, 0.3) is 0 Å². The molecule has 0 aliphatic rings. The van der Waals surface area contributed by atoms with E-state index in [-0.39, 0.29) is 14.0 Å². The summed E-state index contributed by atoms with van der Waals surface area (Å²) >= 11 is -0.0997. The fourth-order valence-corrected chi connectivity index (χ4v) is 2.08. The summed E-state index contributed by atoms with van der Waals surface area (Å²) in [6, 6.07) is 7.35. The number of carbonyl (C=O) groups excluding carboxylic acids is 1. The van der Waals surface area contributed by atoms with Crippen molar-refractivity contribution in [2.24, 2.45) is 0 Å². The molecule has 1 rings (SSSR count). The van der Waals surface area contributed by atoms with Gasteiger partial charge in [0.15, 0.2) is 0 Å². The third-order valence-electron chi connectivity index (χ3n) is 1.13. The van der Waals surface area contributed by atoms with Gasteiger partial charge in [-0.2, -0.15) is 0 Å². The normalized spacial score (nSPS) is 9.30. The Bertz CT molecular complexity index is 237. The van der Waals surface area contributed by atoms with Gasteiger partial charge in [0.25, 0.3) is 0 Å². The third kappa shape index (κ3) is 1.60. The van der Waals surface area contributed by atoms with Crippen LogP contribution in [-0.2, 0) is 0 Å². The zero-order chi connectivity index (χ0) is 7.40. The van der Waals surface area contributed by atoms with Crippen molar-refractivity contribution in [3.63, 3.8) is 0 Å². The van der Waals surface area contributed by atoms with E-state index in [2.05, 4.69) is 0 Å². The van der Waals surface area contributed by atoms with Crippen molar-refractivity contribution in [2.45, 2.75) is 0 Å². The predicted octanol–water partition coefficient (Wildman–Crippen LogP) is 0.982. The average molecular weight is 220 g/mol. The molecule has 0 aliphatic heterocycles. The van der Waals surface area contributed by atoms with Crippen LogP contribution in [0.1, 0.15) is 10.4 Å². The van der Waals surface area contributed by atoms with E-state index in [0.29, 0.717) is 5.56 Å². The topological polar surface area (TPSA) is 17.1 Å². The van der Waals surface area contributed by atoms with Gasteiger partial charge in [-0.1, -0.05) is 0 Å². The maximum atomic E-state index is 10.3. The van der Waals surface area contributed by atoms with Crippen molar-refractivity contribution in [3.05, 3.63) is 29.8 Å². The van der Waals surface area contributed by atoms with Crippen molar-refractivity contribution >= 4 is 34.9 Å². The van der Waals surface area contributed by atoms with Crippen molar-refractivity contribution < 1.29 is 4.79 Å². The molecule has 0 spiro atoms. The molecule has 0 aliphatic carbocycles. The summed E-state index contributed by atoms with van der Waals surface area (Å²) in [5.41, 5.74) is 0.706. The van der Waals surface area contributed by atoms with Crippen LogP contribution in [0, 0.1) is 0 Å². The SMILES string of the molecule is O=Cc1ccccc1[Se]Cl. The van der Waals surface area contributed by atoms with Crippen LogP contribution in [0.5, 0.6) is 0 Å². The van der Waals surface area contributed by atoms with Gasteiger partial charge in [0.05, 0.1) is 0 Å². The predicted molar refractivity (Wildman–Crippen MR) is 43.1 cm³/mol. The van der Waals surface area contributed by atoms with E-state index in [1.165, 1.54) is 0 Å². The van der Waals surface area contributed by atoms with E-state index in [4.69, 9.17) is 10.1 Å². The van der Waals surface area contributed by atoms with Crippen LogP contribution in [-0.4, -0.2) is 20.3 Å². The average Bonchev–Trinajstić information content (AvgIpc) is 2.04. The molecular formula is C7H5ClOSe. The maximum absolute atomic E-state index is 10.3. The Balaban J connectivity index is 3.08. The van der Waals surface area contributed by atoms with Crippen molar-refractivity contribution in [1.82, 2.24) is 0 Å². The Kier molecular flexibility index (Phi) is 2.94. The fourth-order valence-electron chi connectivity index (χ4n) is 0.648. The number of halogens is 1. The number of hydrogen-bond donors (Lipinski definition) is 0. The molecule has 0 amide bonds. The van der Waals surface area contributed by atoms with Gasteiger partial charge in [-0.15, -0.1) is 0 Å². The standard InChI is InChI=1S/C7H5ClOSe/c8-10-7-4-2-1-3-6(7)5-9/h1-5H. The van der Waals surface area contributed by atoms with E-state index >= 15 is 0 Å². The molecule has 0 bridgehead atoms. The Morgan fingerprint density at radius 2 is 2.10 bits per heavy atom. The second-order valence-electron chi connectivity index (χ2n) is 1.73. The van der Waals surface area contributed by atoms with Crippen LogP contribution < -0.4 is 4.46 Å². The Morgan fingerprint density at radius 1 is 1.40 bits per heavy atom. The molecular weight excluding hydrogens is 214 g/mol. The summed E-state index contributed by atoms with van der Waals surface area (Å²) in [4.78, 5) is 10.3. The molecule has 0 N–H and O–H groups in total. The molecule has 0 fully saturated rings. The summed E-state index contributed by atoms with van der Waals surface area (Å²) in [5.74, 6) is 0. The fraction of sp³-hybridized carbons (Fsp3) is 0. The van der Waals surface area contributed by atoms with E-state index in [9.17, 15) is 4.79 Å². The number of hydrogen-bond acceptors (Lipinski definition) is 1. The number of aldehydes is 1. The molecule has 0 saturated carbocycles. The molecule has 0 radical (unpaired) electrons. The van der Waals surface area contributed by atoms with Gasteiger partial charge in [0.1, 0.15) is 0 Å². The minimum atomic E-state index is -0.0997. The molecule has 1 aromatic rings. The molecule has 3 heteroatoms. The second-order valence-corrected chi connectivity index (χ2v) is 3.78. The first-order chi connectivity index (χ1) is 4.88. The van der Waals surface area contributed by atoms with Crippen LogP contribution in [0.15, 0.2) is 24.3 Å². The Morgan fingerprint density at radius 3 is 2.60 bits per heavy atom. The van der Waals surface area contributed by atoms with E-state index < -0.39 is 0 Å². The Hall–Kier alpha value is -0.301. The summed E-state index contributed by atoms with van der Waals surface area (Å²) in [7, 11) is 5.61. The molecule has 0 heterocycles. The molecule has 0 unspecified atom stereocenters. The quantitative estimate of drug-likeness (QED) is 0.535. The summed E-state index contributed by atoms with van der Waals surface area (Å²) < 4.78 is 0.951. The molecule has 0 saturated heterocycles. The number of carbonyl (C=O) groups is 1. The minimum absolute atomic E-state index is 0.0997. The zero-order valence-electron chi connectivity index (χ0n) is 5.08. The number of rotatable bonds is 2. The van der Waals surface area contributed by atoms with Gasteiger partial charge >= 0.3 is 69.5 Å². The molecule has 1 nitrogen and oxygen atoms in total. The third-order valence-corrected chi connectivity index (χ3v) is 3.12. The van der Waals surface area contributed by atoms with Gasteiger partial charge in [-0.3, -0.25) is 0 Å². The first kappa shape index (κ1) is 7.80. The van der Waals surface area contributed by atoms with Crippen molar-refractivity contribution in [3.8, 4) is 0 Å². The summed E-state index contributed by atoms with van der Waals surface area (Å²) in [5, 5.41) is 0.